The number of aromatic nitrogens is 2. The number of hydrogen-bond acceptors (Lipinski definition) is 2. The number of fused-ring (bicyclic) bond motifs is 1. The molecular weight excluding hydrogens is 277 g/mol. The van der Waals surface area contributed by atoms with Crippen LogP contribution in [0.5, 0.6) is 0 Å². The second-order valence-electron chi connectivity index (χ2n) is 5.55. The highest BCUT2D eigenvalue weighted by molar-refractivity contribution is 5.70. The molecule has 0 bridgehead atoms. The number of anilines is 1. The molecule has 1 aliphatic rings. The van der Waals surface area contributed by atoms with Crippen LogP contribution in [-0.2, 0) is 6.42 Å². The third-order valence-corrected chi connectivity index (χ3v) is 4.06. The van der Waals surface area contributed by atoms with Crippen LogP contribution in [0, 0.1) is 5.82 Å². The van der Waals surface area contributed by atoms with Crippen LogP contribution in [0.3, 0.4) is 0 Å². The van der Waals surface area contributed by atoms with Crippen LogP contribution in [-0.4, -0.2) is 16.3 Å². The minimum Gasteiger partial charge on any atom is -0.385 e. The van der Waals surface area contributed by atoms with Crippen LogP contribution in [0.2, 0.25) is 0 Å². The van der Waals surface area contributed by atoms with Gasteiger partial charge in [-0.25, -0.2) is 9.07 Å². The maximum absolute atomic E-state index is 13.0. The lowest BCUT2D eigenvalue weighted by atomic mass is 9.99. The van der Waals surface area contributed by atoms with Gasteiger partial charge >= 0.3 is 0 Å². The lowest BCUT2D eigenvalue weighted by Gasteiger charge is -2.18. The van der Waals surface area contributed by atoms with Gasteiger partial charge in [-0.2, -0.15) is 5.10 Å². The highest BCUT2D eigenvalue weighted by Gasteiger charge is 2.10. The Balaban J connectivity index is 1.68. The molecule has 0 atom stereocenters. The summed E-state index contributed by atoms with van der Waals surface area (Å²) in [6, 6.07) is 12.8. The Morgan fingerprint density at radius 1 is 1.05 bits per heavy atom. The molecule has 2 aromatic carbocycles. The first-order chi connectivity index (χ1) is 10.8. The van der Waals surface area contributed by atoms with E-state index in [1.807, 2.05) is 12.4 Å². The first-order valence-corrected chi connectivity index (χ1v) is 7.47. The van der Waals surface area contributed by atoms with Crippen molar-refractivity contribution in [1.29, 1.82) is 0 Å². The van der Waals surface area contributed by atoms with Crippen LogP contribution in [0.15, 0.2) is 54.9 Å². The summed E-state index contributed by atoms with van der Waals surface area (Å²) in [4.78, 5) is 0. The van der Waals surface area contributed by atoms with E-state index in [2.05, 4.69) is 28.6 Å². The Labute approximate surface area is 128 Å². The van der Waals surface area contributed by atoms with Crippen molar-refractivity contribution < 1.29 is 4.39 Å². The van der Waals surface area contributed by atoms with Gasteiger partial charge in [0.15, 0.2) is 0 Å². The summed E-state index contributed by atoms with van der Waals surface area (Å²) in [7, 11) is 0. The summed E-state index contributed by atoms with van der Waals surface area (Å²) < 4.78 is 14.8. The number of hydrogen-bond donors (Lipinski definition) is 1. The minimum atomic E-state index is -0.239. The van der Waals surface area contributed by atoms with Gasteiger partial charge in [-0.15, -0.1) is 0 Å². The Morgan fingerprint density at radius 3 is 2.77 bits per heavy atom. The van der Waals surface area contributed by atoms with Crippen molar-refractivity contribution in [2.75, 3.05) is 11.9 Å². The average molecular weight is 293 g/mol. The van der Waals surface area contributed by atoms with Crippen molar-refractivity contribution in [3.63, 3.8) is 0 Å². The largest absolute Gasteiger partial charge is 0.385 e. The van der Waals surface area contributed by atoms with Crippen LogP contribution in [0.1, 0.15) is 12.0 Å². The molecule has 110 valence electrons. The zero-order chi connectivity index (χ0) is 14.9. The van der Waals surface area contributed by atoms with E-state index in [-0.39, 0.29) is 5.82 Å². The normalized spacial score (nSPS) is 13.5. The Morgan fingerprint density at radius 2 is 1.91 bits per heavy atom. The van der Waals surface area contributed by atoms with Gasteiger partial charge in [-0.05, 0) is 54.3 Å². The Bertz CT molecular complexity index is 805. The number of nitrogens with zero attached hydrogens (tertiary/aromatic N) is 2. The molecule has 3 nitrogen and oxygen atoms in total. The Hall–Kier alpha value is -2.62. The lowest BCUT2D eigenvalue weighted by molar-refractivity contribution is 0.627. The van der Waals surface area contributed by atoms with Gasteiger partial charge in [0, 0.05) is 24.0 Å². The van der Waals surface area contributed by atoms with Gasteiger partial charge in [-0.3, -0.25) is 0 Å². The fourth-order valence-corrected chi connectivity index (χ4v) is 2.85. The molecule has 0 amide bonds. The number of nitrogens with one attached hydrogen (secondary N) is 1. The van der Waals surface area contributed by atoms with Gasteiger partial charge in [0.25, 0.3) is 0 Å². The summed E-state index contributed by atoms with van der Waals surface area (Å²) in [6.45, 7) is 1.03. The SMILES string of the molecule is Fc1ccc(-n2cc(-c3ccc4c(c3)NCCC4)cn2)cc1. The summed E-state index contributed by atoms with van der Waals surface area (Å²) in [5, 5.41) is 7.83. The molecule has 1 aliphatic heterocycles. The second-order valence-corrected chi connectivity index (χ2v) is 5.55. The summed E-state index contributed by atoms with van der Waals surface area (Å²) in [6.07, 6.45) is 6.14. The third-order valence-electron chi connectivity index (χ3n) is 4.06. The molecule has 1 aromatic heterocycles. The molecule has 4 rings (SSSR count). The molecule has 22 heavy (non-hydrogen) atoms. The zero-order valence-corrected chi connectivity index (χ0v) is 12.1. The molecule has 4 heteroatoms. The van der Waals surface area contributed by atoms with E-state index < -0.39 is 0 Å². The lowest BCUT2D eigenvalue weighted by Crippen LogP contribution is -2.11. The number of benzene rings is 2. The van der Waals surface area contributed by atoms with Crippen molar-refractivity contribution in [3.05, 3.63) is 66.2 Å². The van der Waals surface area contributed by atoms with Crippen molar-refractivity contribution in [2.45, 2.75) is 12.8 Å². The molecule has 0 spiro atoms. The summed E-state index contributed by atoms with van der Waals surface area (Å²) >= 11 is 0. The average Bonchev–Trinajstić information content (AvgIpc) is 3.05. The highest BCUT2D eigenvalue weighted by Crippen LogP contribution is 2.28. The van der Waals surface area contributed by atoms with E-state index in [0.717, 1.165) is 29.8 Å². The van der Waals surface area contributed by atoms with E-state index in [1.165, 1.54) is 29.8 Å². The van der Waals surface area contributed by atoms with Gasteiger partial charge in [0.1, 0.15) is 5.82 Å². The number of rotatable bonds is 2. The standard InChI is InChI=1S/C18H16FN3/c19-16-5-7-17(8-6-16)22-12-15(11-21-22)14-4-3-13-2-1-9-20-18(13)10-14/h3-8,10-12,20H,1-2,9H2. The number of aryl methyl sites for hydroxylation is 1. The minimum absolute atomic E-state index is 0.239. The molecule has 0 unspecified atom stereocenters. The topological polar surface area (TPSA) is 29.9 Å². The molecule has 0 fully saturated rings. The maximum Gasteiger partial charge on any atom is 0.123 e. The molecule has 0 radical (unpaired) electrons. The predicted octanol–water partition coefficient (Wildman–Crippen LogP) is 4.04. The summed E-state index contributed by atoms with van der Waals surface area (Å²) in [5.74, 6) is -0.239. The van der Waals surface area contributed by atoms with Gasteiger partial charge < -0.3 is 5.32 Å². The quantitative estimate of drug-likeness (QED) is 0.773. The first-order valence-electron chi connectivity index (χ1n) is 7.47. The monoisotopic (exact) mass is 293 g/mol. The number of halogens is 1. The maximum atomic E-state index is 13.0. The van der Waals surface area contributed by atoms with Crippen molar-refractivity contribution in [1.82, 2.24) is 9.78 Å². The molecule has 0 aliphatic carbocycles. The molecular formula is C18H16FN3. The van der Waals surface area contributed by atoms with E-state index in [0.29, 0.717) is 0 Å². The first kappa shape index (κ1) is 13.1. The van der Waals surface area contributed by atoms with Crippen LogP contribution in [0.25, 0.3) is 16.8 Å². The predicted molar refractivity (Wildman–Crippen MR) is 85.8 cm³/mol. The van der Waals surface area contributed by atoms with Gasteiger partial charge in [0.2, 0.25) is 0 Å². The van der Waals surface area contributed by atoms with E-state index in [4.69, 9.17) is 0 Å². The van der Waals surface area contributed by atoms with Crippen LogP contribution < -0.4 is 5.32 Å². The zero-order valence-electron chi connectivity index (χ0n) is 12.1. The van der Waals surface area contributed by atoms with Crippen LogP contribution >= 0.6 is 0 Å². The van der Waals surface area contributed by atoms with Crippen molar-refractivity contribution in [3.8, 4) is 16.8 Å². The molecule has 1 N–H and O–H groups in total. The van der Waals surface area contributed by atoms with E-state index >= 15 is 0 Å². The van der Waals surface area contributed by atoms with Gasteiger partial charge in [0.05, 0.1) is 11.9 Å². The van der Waals surface area contributed by atoms with E-state index in [9.17, 15) is 4.39 Å². The molecule has 0 saturated carbocycles. The van der Waals surface area contributed by atoms with Crippen molar-refractivity contribution >= 4 is 5.69 Å². The molecule has 0 saturated heterocycles. The molecule has 2 heterocycles. The Kier molecular flexibility index (Phi) is 3.15. The fraction of sp³-hybridized carbons (Fsp3) is 0.167. The van der Waals surface area contributed by atoms with E-state index in [1.54, 1.807) is 16.8 Å². The van der Waals surface area contributed by atoms with Crippen molar-refractivity contribution in [2.24, 2.45) is 0 Å². The highest BCUT2D eigenvalue weighted by atomic mass is 19.1. The van der Waals surface area contributed by atoms with Crippen LogP contribution in [0.4, 0.5) is 10.1 Å². The fourth-order valence-electron chi connectivity index (χ4n) is 2.85. The summed E-state index contributed by atoms with van der Waals surface area (Å²) in [5.41, 5.74) is 5.64. The van der Waals surface area contributed by atoms with Gasteiger partial charge in [-0.1, -0.05) is 12.1 Å². The smallest absolute Gasteiger partial charge is 0.123 e. The second kappa shape index (κ2) is 5.30. The molecule has 3 aromatic rings. The third kappa shape index (κ3) is 2.37.